The van der Waals surface area contributed by atoms with Crippen LogP contribution in [0.4, 0.5) is 0 Å². The van der Waals surface area contributed by atoms with Gasteiger partial charge in [0.25, 0.3) is 0 Å². The molecule has 0 bridgehead atoms. The first-order chi connectivity index (χ1) is 8.65. The van der Waals surface area contributed by atoms with Gasteiger partial charge in [0.15, 0.2) is 0 Å². The van der Waals surface area contributed by atoms with Gasteiger partial charge < -0.3 is 15.2 Å². The van der Waals surface area contributed by atoms with Crippen molar-refractivity contribution >= 4 is 17.2 Å². The Kier molecular flexibility index (Phi) is 4.37. The lowest BCUT2D eigenvalue weighted by Crippen LogP contribution is -2.44. The molecule has 1 fully saturated rings. The molecule has 2 rings (SSSR count). The van der Waals surface area contributed by atoms with Crippen LogP contribution < -0.4 is 5.32 Å². The van der Waals surface area contributed by atoms with Crippen LogP contribution in [0.25, 0.3) is 0 Å². The van der Waals surface area contributed by atoms with Gasteiger partial charge in [0.2, 0.25) is 5.91 Å². The molecule has 2 N–H and O–H groups in total. The van der Waals surface area contributed by atoms with E-state index in [9.17, 15) is 9.90 Å². The molecule has 0 radical (unpaired) electrons. The van der Waals surface area contributed by atoms with E-state index in [-0.39, 0.29) is 18.1 Å². The number of aliphatic hydroxyl groups excluding tert-OH is 1. The van der Waals surface area contributed by atoms with E-state index in [1.54, 1.807) is 7.11 Å². The third kappa shape index (κ3) is 3.10. The standard InChI is InChI=1S/C13H19NO3S/c1-17-13(4-2-5-13)7-12(16)14-8-11(15)10-3-6-18-9-10/h3,6,9,11,15H,2,4-5,7-8H2,1H3,(H,14,16). The summed E-state index contributed by atoms with van der Waals surface area (Å²) in [5.74, 6) is -0.0502. The predicted octanol–water partition coefficient (Wildman–Crippen LogP) is 1.86. The molecule has 18 heavy (non-hydrogen) atoms. The first kappa shape index (κ1) is 13.5. The second kappa shape index (κ2) is 5.82. The van der Waals surface area contributed by atoms with Crippen molar-refractivity contribution in [3.05, 3.63) is 22.4 Å². The van der Waals surface area contributed by atoms with Crippen LogP contribution in [0, 0.1) is 0 Å². The Bertz CT molecular complexity index is 381. The number of hydrogen-bond acceptors (Lipinski definition) is 4. The van der Waals surface area contributed by atoms with Crippen molar-refractivity contribution in [2.75, 3.05) is 13.7 Å². The number of ether oxygens (including phenoxy) is 1. The number of thiophene rings is 1. The normalized spacial score (nSPS) is 19.0. The summed E-state index contributed by atoms with van der Waals surface area (Å²) in [6.07, 6.45) is 2.78. The Morgan fingerprint density at radius 3 is 2.94 bits per heavy atom. The minimum absolute atomic E-state index is 0.0502. The number of amides is 1. The van der Waals surface area contributed by atoms with Gasteiger partial charge in [0.1, 0.15) is 0 Å². The first-order valence-electron chi connectivity index (χ1n) is 6.17. The highest BCUT2D eigenvalue weighted by atomic mass is 32.1. The molecular formula is C13H19NO3S. The van der Waals surface area contributed by atoms with E-state index in [1.807, 2.05) is 16.8 Å². The van der Waals surface area contributed by atoms with E-state index in [1.165, 1.54) is 11.3 Å². The molecule has 0 spiro atoms. The average Bonchev–Trinajstić information content (AvgIpc) is 2.84. The van der Waals surface area contributed by atoms with Gasteiger partial charge in [-0.3, -0.25) is 4.79 Å². The average molecular weight is 269 g/mol. The summed E-state index contributed by atoms with van der Waals surface area (Å²) in [4.78, 5) is 11.8. The van der Waals surface area contributed by atoms with Crippen molar-refractivity contribution in [1.82, 2.24) is 5.32 Å². The zero-order valence-electron chi connectivity index (χ0n) is 10.5. The monoisotopic (exact) mass is 269 g/mol. The third-order valence-corrected chi connectivity index (χ3v) is 4.30. The summed E-state index contributed by atoms with van der Waals surface area (Å²) < 4.78 is 5.40. The molecule has 0 aromatic carbocycles. The van der Waals surface area contributed by atoms with Crippen LogP contribution in [0.5, 0.6) is 0 Å². The van der Waals surface area contributed by atoms with Crippen LogP contribution in [0.15, 0.2) is 16.8 Å². The smallest absolute Gasteiger partial charge is 0.223 e. The summed E-state index contributed by atoms with van der Waals surface area (Å²) in [5.41, 5.74) is 0.600. The summed E-state index contributed by atoms with van der Waals surface area (Å²) in [6.45, 7) is 0.259. The minimum atomic E-state index is -0.625. The zero-order chi connectivity index (χ0) is 13.0. The van der Waals surface area contributed by atoms with Crippen LogP contribution >= 0.6 is 11.3 Å². The molecule has 5 heteroatoms. The summed E-state index contributed by atoms with van der Waals surface area (Å²) in [6, 6.07) is 1.87. The minimum Gasteiger partial charge on any atom is -0.387 e. The predicted molar refractivity (Wildman–Crippen MR) is 70.5 cm³/mol. The largest absolute Gasteiger partial charge is 0.387 e. The Morgan fingerprint density at radius 1 is 1.67 bits per heavy atom. The van der Waals surface area contributed by atoms with E-state index in [2.05, 4.69) is 5.32 Å². The molecule has 1 atom stereocenters. The van der Waals surface area contributed by atoms with Gasteiger partial charge in [-0.05, 0) is 41.7 Å². The van der Waals surface area contributed by atoms with Crippen molar-refractivity contribution in [1.29, 1.82) is 0 Å². The lowest BCUT2D eigenvalue weighted by atomic mass is 9.77. The summed E-state index contributed by atoms with van der Waals surface area (Å²) >= 11 is 1.54. The second-order valence-corrected chi connectivity index (χ2v) is 5.57. The maximum atomic E-state index is 11.8. The van der Waals surface area contributed by atoms with Crippen LogP contribution in [-0.2, 0) is 9.53 Å². The fraction of sp³-hybridized carbons (Fsp3) is 0.615. The van der Waals surface area contributed by atoms with Crippen LogP contribution in [-0.4, -0.2) is 30.3 Å². The molecular weight excluding hydrogens is 250 g/mol. The Balaban J connectivity index is 1.75. The zero-order valence-corrected chi connectivity index (χ0v) is 11.3. The molecule has 0 saturated heterocycles. The fourth-order valence-electron chi connectivity index (χ4n) is 2.17. The molecule has 1 aromatic heterocycles. The summed E-state index contributed by atoms with van der Waals surface area (Å²) in [7, 11) is 1.66. The van der Waals surface area contributed by atoms with Gasteiger partial charge in [-0.1, -0.05) is 0 Å². The van der Waals surface area contributed by atoms with E-state index in [4.69, 9.17) is 4.74 Å². The Hall–Kier alpha value is -0.910. The van der Waals surface area contributed by atoms with Crippen LogP contribution in [0.2, 0.25) is 0 Å². The van der Waals surface area contributed by atoms with E-state index in [0.29, 0.717) is 6.42 Å². The highest BCUT2D eigenvalue weighted by Gasteiger charge is 2.38. The number of rotatable bonds is 6. The number of carbonyl (C=O) groups is 1. The summed E-state index contributed by atoms with van der Waals surface area (Å²) in [5, 5.41) is 16.4. The van der Waals surface area contributed by atoms with Crippen LogP contribution in [0.1, 0.15) is 37.4 Å². The van der Waals surface area contributed by atoms with Crippen LogP contribution in [0.3, 0.4) is 0 Å². The molecule has 1 amide bonds. The van der Waals surface area contributed by atoms with Crippen molar-refractivity contribution in [3.8, 4) is 0 Å². The van der Waals surface area contributed by atoms with Crippen molar-refractivity contribution in [2.24, 2.45) is 0 Å². The van der Waals surface area contributed by atoms with E-state index < -0.39 is 6.10 Å². The lowest BCUT2D eigenvalue weighted by molar-refractivity contribution is -0.134. The van der Waals surface area contributed by atoms with Gasteiger partial charge in [-0.2, -0.15) is 11.3 Å². The van der Waals surface area contributed by atoms with Crippen molar-refractivity contribution in [3.63, 3.8) is 0 Å². The number of hydrogen-bond donors (Lipinski definition) is 2. The molecule has 1 saturated carbocycles. The maximum Gasteiger partial charge on any atom is 0.223 e. The Morgan fingerprint density at radius 2 is 2.44 bits per heavy atom. The molecule has 1 aromatic rings. The highest BCUT2D eigenvalue weighted by molar-refractivity contribution is 7.07. The maximum absolute atomic E-state index is 11.8. The first-order valence-corrected chi connectivity index (χ1v) is 7.11. The topological polar surface area (TPSA) is 58.6 Å². The molecule has 1 unspecified atom stereocenters. The van der Waals surface area contributed by atoms with Crippen molar-refractivity contribution < 1.29 is 14.6 Å². The fourth-order valence-corrected chi connectivity index (χ4v) is 2.88. The van der Waals surface area contributed by atoms with E-state index in [0.717, 1.165) is 24.8 Å². The number of aliphatic hydroxyl groups is 1. The number of methoxy groups -OCH3 is 1. The quantitative estimate of drug-likeness (QED) is 0.828. The second-order valence-electron chi connectivity index (χ2n) is 4.79. The highest BCUT2D eigenvalue weighted by Crippen LogP contribution is 2.37. The molecule has 1 aliphatic carbocycles. The molecule has 4 nitrogen and oxygen atoms in total. The number of nitrogens with one attached hydrogen (secondary N) is 1. The van der Waals surface area contributed by atoms with Gasteiger partial charge in [0.05, 0.1) is 18.1 Å². The van der Waals surface area contributed by atoms with Gasteiger partial charge >= 0.3 is 0 Å². The SMILES string of the molecule is COC1(CC(=O)NCC(O)c2ccsc2)CCC1. The van der Waals surface area contributed by atoms with Gasteiger partial charge in [-0.25, -0.2) is 0 Å². The molecule has 100 valence electrons. The third-order valence-electron chi connectivity index (χ3n) is 3.60. The van der Waals surface area contributed by atoms with E-state index >= 15 is 0 Å². The lowest BCUT2D eigenvalue weighted by Gasteiger charge is -2.39. The number of carbonyl (C=O) groups excluding carboxylic acids is 1. The Labute approximate surface area is 111 Å². The van der Waals surface area contributed by atoms with Crippen molar-refractivity contribution in [2.45, 2.75) is 37.4 Å². The van der Waals surface area contributed by atoms with Gasteiger partial charge in [0, 0.05) is 13.7 Å². The van der Waals surface area contributed by atoms with Gasteiger partial charge in [-0.15, -0.1) is 0 Å². The molecule has 1 aliphatic rings. The molecule has 1 heterocycles. The molecule has 0 aliphatic heterocycles.